The normalized spacial score (nSPS) is 11.1. The number of amides is 1. The van der Waals surface area contributed by atoms with Crippen molar-refractivity contribution in [1.29, 1.82) is 0 Å². The molecule has 0 radical (unpaired) electrons. The highest BCUT2D eigenvalue weighted by Gasteiger charge is 2.18. The molecular weight excluding hydrogens is 460 g/mol. The van der Waals surface area contributed by atoms with E-state index < -0.39 is 0 Å². The number of hydrogen-bond donors (Lipinski definition) is 0. The first kappa shape index (κ1) is 30.7. The summed E-state index contributed by atoms with van der Waals surface area (Å²) in [5.74, 6) is 1.77. The van der Waals surface area contributed by atoms with Gasteiger partial charge < -0.3 is 19.3 Å². The van der Waals surface area contributed by atoms with E-state index in [9.17, 15) is 4.79 Å². The quantitative estimate of drug-likeness (QED) is 0.172. The fraction of sp³-hybridized carbons (Fsp3) is 0.594. The van der Waals surface area contributed by atoms with Crippen LogP contribution in [-0.2, 0) is 6.54 Å². The Morgan fingerprint density at radius 3 is 1.59 bits per heavy atom. The number of nitrogens with zero attached hydrogens (tertiary/aromatic N) is 2. The van der Waals surface area contributed by atoms with Crippen LogP contribution >= 0.6 is 0 Å². The van der Waals surface area contributed by atoms with Crippen molar-refractivity contribution < 1.29 is 14.3 Å². The maximum absolute atomic E-state index is 13.6. The van der Waals surface area contributed by atoms with Gasteiger partial charge in [-0.2, -0.15) is 0 Å². The number of carbonyl (C=O) groups is 1. The molecule has 5 nitrogen and oxygen atoms in total. The summed E-state index contributed by atoms with van der Waals surface area (Å²) < 4.78 is 11.6. The minimum Gasteiger partial charge on any atom is -0.494 e. The molecule has 0 atom stereocenters. The molecule has 2 aromatic rings. The fourth-order valence-corrected chi connectivity index (χ4v) is 4.07. The molecular formula is C32H50N2O3. The van der Waals surface area contributed by atoms with Crippen molar-refractivity contribution in [2.75, 3.05) is 39.4 Å². The van der Waals surface area contributed by atoms with E-state index in [0.717, 1.165) is 69.0 Å². The van der Waals surface area contributed by atoms with Gasteiger partial charge >= 0.3 is 0 Å². The highest BCUT2D eigenvalue weighted by atomic mass is 16.5. The summed E-state index contributed by atoms with van der Waals surface area (Å²) in [6.45, 7) is 14.6. The van der Waals surface area contributed by atoms with Gasteiger partial charge in [0.2, 0.25) is 0 Å². The third-order valence-corrected chi connectivity index (χ3v) is 6.56. The van der Waals surface area contributed by atoms with Crippen LogP contribution in [0.3, 0.4) is 0 Å². The molecule has 0 spiro atoms. The van der Waals surface area contributed by atoms with Crippen LogP contribution in [0.15, 0.2) is 48.5 Å². The first-order valence-electron chi connectivity index (χ1n) is 14.6. The average Bonchev–Trinajstić information content (AvgIpc) is 2.93. The van der Waals surface area contributed by atoms with Gasteiger partial charge in [0.25, 0.3) is 5.91 Å². The SMILES string of the molecule is CCCCOc1ccc(CN(CCN(CCCC)CCCC)C(=O)c2ccc(OCCCC)cc2)cc1. The van der Waals surface area contributed by atoms with Gasteiger partial charge in [-0.1, -0.05) is 65.5 Å². The zero-order chi connectivity index (χ0) is 26.7. The average molecular weight is 511 g/mol. The second-order valence-electron chi connectivity index (χ2n) is 9.85. The molecule has 0 heterocycles. The Kier molecular flexibility index (Phi) is 15.5. The van der Waals surface area contributed by atoms with Crippen LogP contribution in [0.25, 0.3) is 0 Å². The molecule has 2 rings (SSSR count). The molecule has 2 aromatic carbocycles. The van der Waals surface area contributed by atoms with Crippen LogP contribution in [0, 0.1) is 0 Å². The second-order valence-corrected chi connectivity index (χ2v) is 9.85. The van der Waals surface area contributed by atoms with Crippen LogP contribution in [0.5, 0.6) is 11.5 Å². The van der Waals surface area contributed by atoms with E-state index in [-0.39, 0.29) is 5.91 Å². The van der Waals surface area contributed by atoms with Crippen molar-refractivity contribution in [2.45, 2.75) is 85.6 Å². The van der Waals surface area contributed by atoms with Crippen molar-refractivity contribution in [3.05, 3.63) is 59.7 Å². The Balaban J connectivity index is 2.12. The molecule has 0 fully saturated rings. The van der Waals surface area contributed by atoms with Crippen LogP contribution in [-0.4, -0.2) is 55.1 Å². The molecule has 0 bridgehead atoms. The molecule has 5 heteroatoms. The molecule has 1 amide bonds. The Bertz CT molecular complexity index is 843. The van der Waals surface area contributed by atoms with E-state index in [4.69, 9.17) is 9.47 Å². The summed E-state index contributed by atoms with van der Waals surface area (Å²) >= 11 is 0. The molecule has 0 aliphatic carbocycles. The summed E-state index contributed by atoms with van der Waals surface area (Å²) in [5, 5.41) is 0. The molecule has 0 saturated carbocycles. The van der Waals surface area contributed by atoms with E-state index in [1.165, 1.54) is 25.7 Å². The minimum absolute atomic E-state index is 0.0642. The topological polar surface area (TPSA) is 42.0 Å². The number of unbranched alkanes of at least 4 members (excludes halogenated alkanes) is 4. The Morgan fingerprint density at radius 2 is 1.11 bits per heavy atom. The molecule has 0 aromatic heterocycles. The number of ether oxygens (including phenoxy) is 2. The highest BCUT2D eigenvalue weighted by molar-refractivity contribution is 5.94. The van der Waals surface area contributed by atoms with Crippen LogP contribution < -0.4 is 9.47 Å². The molecule has 0 saturated heterocycles. The monoisotopic (exact) mass is 510 g/mol. The Hall–Kier alpha value is -2.53. The van der Waals surface area contributed by atoms with Gasteiger partial charge in [-0.25, -0.2) is 0 Å². The van der Waals surface area contributed by atoms with E-state index >= 15 is 0 Å². The van der Waals surface area contributed by atoms with E-state index in [0.29, 0.717) is 25.3 Å². The third kappa shape index (κ3) is 12.0. The molecule has 206 valence electrons. The standard InChI is InChI=1S/C32H50N2O3/c1-5-9-21-33(22-10-6-2)23-24-34(27-28-13-17-30(18-14-28)36-25-11-7-3)32(35)29-15-19-31(20-16-29)37-26-12-8-4/h13-20H,5-12,21-27H2,1-4H3. The predicted octanol–water partition coefficient (Wildman–Crippen LogP) is 7.59. The lowest BCUT2D eigenvalue weighted by molar-refractivity contribution is 0.0720. The van der Waals surface area contributed by atoms with E-state index in [1.54, 1.807) is 0 Å². The first-order chi connectivity index (χ1) is 18.1. The Morgan fingerprint density at radius 1 is 0.622 bits per heavy atom. The zero-order valence-corrected chi connectivity index (χ0v) is 23.8. The summed E-state index contributed by atoms with van der Waals surface area (Å²) in [7, 11) is 0. The maximum atomic E-state index is 13.6. The zero-order valence-electron chi connectivity index (χ0n) is 23.8. The van der Waals surface area contributed by atoms with Gasteiger partial charge in [0, 0.05) is 25.2 Å². The summed E-state index contributed by atoms with van der Waals surface area (Å²) in [4.78, 5) is 18.2. The lowest BCUT2D eigenvalue weighted by atomic mass is 10.1. The molecule has 0 aliphatic rings. The summed E-state index contributed by atoms with van der Waals surface area (Å²) in [5.41, 5.74) is 1.82. The van der Waals surface area contributed by atoms with Crippen LogP contribution in [0.2, 0.25) is 0 Å². The summed E-state index contributed by atoms with van der Waals surface area (Å²) in [6.07, 6.45) is 9.06. The van der Waals surface area contributed by atoms with Crippen molar-refractivity contribution in [1.82, 2.24) is 9.80 Å². The number of rotatable bonds is 20. The number of hydrogen-bond acceptors (Lipinski definition) is 4. The lowest BCUT2D eigenvalue weighted by Crippen LogP contribution is -2.39. The summed E-state index contributed by atoms with van der Waals surface area (Å²) in [6, 6.07) is 15.8. The third-order valence-electron chi connectivity index (χ3n) is 6.56. The van der Waals surface area contributed by atoms with Gasteiger partial charge in [0.05, 0.1) is 13.2 Å². The van der Waals surface area contributed by atoms with Crippen LogP contribution in [0.1, 0.15) is 95.0 Å². The van der Waals surface area contributed by atoms with Gasteiger partial charge in [-0.05, 0) is 80.7 Å². The van der Waals surface area contributed by atoms with Crippen molar-refractivity contribution in [2.24, 2.45) is 0 Å². The molecule has 0 unspecified atom stereocenters. The predicted molar refractivity (Wildman–Crippen MR) is 155 cm³/mol. The highest BCUT2D eigenvalue weighted by Crippen LogP contribution is 2.18. The minimum atomic E-state index is 0.0642. The van der Waals surface area contributed by atoms with E-state index in [2.05, 4.69) is 44.7 Å². The largest absolute Gasteiger partial charge is 0.494 e. The van der Waals surface area contributed by atoms with Crippen LogP contribution in [0.4, 0.5) is 0 Å². The first-order valence-corrected chi connectivity index (χ1v) is 14.6. The maximum Gasteiger partial charge on any atom is 0.254 e. The smallest absolute Gasteiger partial charge is 0.254 e. The van der Waals surface area contributed by atoms with Crippen molar-refractivity contribution in [3.8, 4) is 11.5 Å². The van der Waals surface area contributed by atoms with Gasteiger partial charge in [0.1, 0.15) is 11.5 Å². The fourth-order valence-electron chi connectivity index (χ4n) is 4.07. The molecule has 37 heavy (non-hydrogen) atoms. The molecule has 0 N–H and O–H groups in total. The van der Waals surface area contributed by atoms with Crippen molar-refractivity contribution in [3.63, 3.8) is 0 Å². The number of benzene rings is 2. The van der Waals surface area contributed by atoms with Crippen molar-refractivity contribution >= 4 is 5.91 Å². The van der Waals surface area contributed by atoms with Gasteiger partial charge in [-0.3, -0.25) is 4.79 Å². The molecule has 0 aliphatic heterocycles. The van der Waals surface area contributed by atoms with Gasteiger partial charge in [-0.15, -0.1) is 0 Å². The lowest BCUT2D eigenvalue weighted by Gasteiger charge is -2.28. The number of carbonyl (C=O) groups excluding carboxylic acids is 1. The van der Waals surface area contributed by atoms with Gasteiger partial charge in [0.15, 0.2) is 0 Å². The second kappa shape index (κ2) is 18.7. The van der Waals surface area contributed by atoms with E-state index in [1.807, 2.05) is 41.3 Å². The Labute approximate surface area is 226 Å².